The van der Waals surface area contributed by atoms with Crippen molar-refractivity contribution >= 4 is 11.9 Å². The van der Waals surface area contributed by atoms with E-state index in [1.54, 1.807) is 0 Å². The molecule has 0 aliphatic carbocycles. The number of rotatable bonds is 8. The number of nitrogens with one attached hydrogen (secondary N) is 1. The van der Waals surface area contributed by atoms with Gasteiger partial charge in [-0.3, -0.25) is 9.59 Å². The van der Waals surface area contributed by atoms with Crippen LogP contribution in [0.5, 0.6) is 0 Å². The van der Waals surface area contributed by atoms with E-state index in [-0.39, 0.29) is 24.3 Å². The second-order valence-corrected chi connectivity index (χ2v) is 5.09. The molecule has 1 aliphatic heterocycles. The number of carboxylic acids is 1. The maximum Gasteiger partial charge on any atom is 0.303 e. The first-order chi connectivity index (χ1) is 9.04. The van der Waals surface area contributed by atoms with Crippen LogP contribution in [0.3, 0.4) is 0 Å². The number of hydrogen-bond acceptors (Lipinski definition) is 4. The number of carbonyl (C=O) groups is 2. The highest BCUT2D eigenvalue weighted by atomic mass is 16.5. The predicted octanol–water partition coefficient (Wildman–Crippen LogP) is 0.357. The summed E-state index contributed by atoms with van der Waals surface area (Å²) in [6.45, 7) is 3.44. The Labute approximate surface area is 113 Å². The summed E-state index contributed by atoms with van der Waals surface area (Å²) in [5, 5.41) is 11.5. The molecule has 3 atom stereocenters. The van der Waals surface area contributed by atoms with Crippen molar-refractivity contribution in [3.8, 4) is 0 Å². The summed E-state index contributed by atoms with van der Waals surface area (Å²) in [4.78, 5) is 22.3. The minimum Gasteiger partial charge on any atom is -0.481 e. The van der Waals surface area contributed by atoms with Crippen molar-refractivity contribution in [2.24, 2.45) is 17.6 Å². The first-order valence-electron chi connectivity index (χ1n) is 6.87. The lowest BCUT2D eigenvalue weighted by molar-refractivity contribution is -0.137. The number of carbonyl (C=O) groups excluding carboxylic acids is 1. The average Bonchev–Trinajstić information content (AvgIpc) is 2.79. The van der Waals surface area contributed by atoms with Gasteiger partial charge in [0.05, 0.1) is 19.1 Å². The summed E-state index contributed by atoms with van der Waals surface area (Å²) in [5.41, 5.74) is 5.77. The number of carboxylic acid groups (broad SMARTS) is 1. The molecule has 0 aromatic rings. The summed E-state index contributed by atoms with van der Waals surface area (Å²) >= 11 is 0. The molecule has 1 saturated heterocycles. The van der Waals surface area contributed by atoms with Crippen LogP contribution < -0.4 is 11.1 Å². The third-order valence-corrected chi connectivity index (χ3v) is 3.66. The van der Waals surface area contributed by atoms with Gasteiger partial charge in [0, 0.05) is 19.0 Å². The van der Waals surface area contributed by atoms with Gasteiger partial charge in [-0.2, -0.15) is 0 Å². The van der Waals surface area contributed by atoms with Gasteiger partial charge in [-0.25, -0.2) is 0 Å². The molecule has 1 fully saturated rings. The zero-order valence-corrected chi connectivity index (χ0v) is 11.4. The molecule has 0 saturated carbocycles. The number of nitrogens with two attached hydrogens (primary N) is 1. The van der Waals surface area contributed by atoms with Gasteiger partial charge in [0.1, 0.15) is 0 Å². The van der Waals surface area contributed by atoms with E-state index in [1.807, 2.05) is 6.92 Å². The van der Waals surface area contributed by atoms with Crippen molar-refractivity contribution in [2.75, 3.05) is 19.8 Å². The largest absolute Gasteiger partial charge is 0.481 e. The van der Waals surface area contributed by atoms with E-state index in [1.165, 1.54) is 0 Å². The van der Waals surface area contributed by atoms with Gasteiger partial charge >= 0.3 is 5.97 Å². The summed E-state index contributed by atoms with van der Waals surface area (Å²) < 4.78 is 5.15. The van der Waals surface area contributed by atoms with E-state index in [9.17, 15) is 9.59 Å². The number of aliphatic carboxylic acids is 1. The van der Waals surface area contributed by atoms with Crippen LogP contribution in [0, 0.1) is 11.8 Å². The van der Waals surface area contributed by atoms with Crippen molar-refractivity contribution < 1.29 is 19.4 Å². The topological polar surface area (TPSA) is 102 Å². The van der Waals surface area contributed by atoms with Crippen molar-refractivity contribution in [3.05, 3.63) is 0 Å². The van der Waals surface area contributed by atoms with Crippen molar-refractivity contribution in [2.45, 2.75) is 38.6 Å². The molecule has 4 N–H and O–H groups in total. The van der Waals surface area contributed by atoms with Gasteiger partial charge < -0.3 is 20.9 Å². The molecule has 0 aromatic heterocycles. The van der Waals surface area contributed by atoms with Crippen LogP contribution in [0.2, 0.25) is 0 Å². The third kappa shape index (κ3) is 5.57. The highest BCUT2D eigenvalue weighted by Gasteiger charge is 2.30. The zero-order valence-electron chi connectivity index (χ0n) is 11.4. The Hall–Kier alpha value is -1.14. The zero-order chi connectivity index (χ0) is 14.3. The molecule has 110 valence electrons. The van der Waals surface area contributed by atoms with E-state index in [0.29, 0.717) is 32.1 Å². The lowest BCUT2D eigenvalue weighted by atomic mass is 9.96. The molecule has 1 amide bonds. The van der Waals surface area contributed by atoms with E-state index in [0.717, 1.165) is 12.8 Å². The number of ether oxygens (including phenoxy) is 1. The van der Waals surface area contributed by atoms with E-state index in [4.69, 9.17) is 15.6 Å². The molecule has 6 nitrogen and oxygen atoms in total. The van der Waals surface area contributed by atoms with Crippen LogP contribution >= 0.6 is 0 Å². The molecule has 19 heavy (non-hydrogen) atoms. The molecule has 6 heteroatoms. The maximum absolute atomic E-state index is 11.8. The first-order valence-corrected chi connectivity index (χ1v) is 6.87. The Kier molecular flexibility index (Phi) is 6.80. The van der Waals surface area contributed by atoms with Gasteiger partial charge in [-0.15, -0.1) is 0 Å². The quantitative estimate of drug-likeness (QED) is 0.592. The fourth-order valence-corrected chi connectivity index (χ4v) is 2.25. The van der Waals surface area contributed by atoms with E-state index >= 15 is 0 Å². The van der Waals surface area contributed by atoms with Gasteiger partial charge in [0.15, 0.2) is 0 Å². The van der Waals surface area contributed by atoms with Crippen LogP contribution in [0.1, 0.15) is 32.6 Å². The molecule has 1 rings (SSSR count). The minimum atomic E-state index is -0.767. The maximum atomic E-state index is 11.8. The molecule has 0 aromatic carbocycles. The summed E-state index contributed by atoms with van der Waals surface area (Å²) in [6.07, 6.45) is 2.58. The number of amides is 1. The molecule has 0 radical (unpaired) electrons. The molecular weight excluding hydrogens is 248 g/mol. The van der Waals surface area contributed by atoms with E-state index in [2.05, 4.69) is 5.32 Å². The van der Waals surface area contributed by atoms with Crippen molar-refractivity contribution in [1.29, 1.82) is 0 Å². The standard InChI is InChI=1S/C13H24N2O4/c1-2-9(3-4-12(16)17)5-6-15-13(18)10-7-19-8-11(10)14/h9-11H,2-8,14H2,1H3,(H,15,18)(H,16,17). The lowest BCUT2D eigenvalue weighted by Gasteiger charge is -2.16. The summed E-state index contributed by atoms with van der Waals surface area (Å²) in [7, 11) is 0. The van der Waals surface area contributed by atoms with Crippen LogP contribution in [-0.4, -0.2) is 42.8 Å². The molecule has 1 heterocycles. The minimum absolute atomic E-state index is 0.0573. The van der Waals surface area contributed by atoms with E-state index < -0.39 is 5.97 Å². The SMILES string of the molecule is CCC(CCNC(=O)C1COCC1N)CCC(=O)O. The highest BCUT2D eigenvalue weighted by molar-refractivity contribution is 5.79. The normalized spacial score (nSPS) is 24.1. The monoisotopic (exact) mass is 272 g/mol. The van der Waals surface area contributed by atoms with Crippen LogP contribution in [-0.2, 0) is 14.3 Å². The van der Waals surface area contributed by atoms with Crippen LogP contribution in [0.15, 0.2) is 0 Å². The fourth-order valence-electron chi connectivity index (χ4n) is 2.25. The Morgan fingerprint density at radius 2 is 2.16 bits per heavy atom. The van der Waals surface area contributed by atoms with Gasteiger partial charge in [0.2, 0.25) is 5.91 Å². The Bertz CT molecular complexity index is 309. The number of hydrogen-bond donors (Lipinski definition) is 3. The molecule has 1 aliphatic rings. The summed E-state index contributed by atoms with van der Waals surface area (Å²) in [5.74, 6) is -0.737. The van der Waals surface area contributed by atoms with Gasteiger partial charge in [0.25, 0.3) is 0 Å². The fraction of sp³-hybridized carbons (Fsp3) is 0.846. The molecule has 0 bridgehead atoms. The molecular formula is C13H24N2O4. The first kappa shape index (κ1) is 15.9. The second kappa shape index (κ2) is 8.12. The highest BCUT2D eigenvalue weighted by Crippen LogP contribution is 2.15. The van der Waals surface area contributed by atoms with Gasteiger partial charge in [-0.1, -0.05) is 13.3 Å². The predicted molar refractivity (Wildman–Crippen MR) is 70.6 cm³/mol. The van der Waals surface area contributed by atoms with Crippen molar-refractivity contribution in [3.63, 3.8) is 0 Å². The van der Waals surface area contributed by atoms with Crippen molar-refractivity contribution in [1.82, 2.24) is 5.32 Å². The second-order valence-electron chi connectivity index (χ2n) is 5.09. The van der Waals surface area contributed by atoms with Crippen LogP contribution in [0.25, 0.3) is 0 Å². The average molecular weight is 272 g/mol. The molecule has 3 unspecified atom stereocenters. The van der Waals surface area contributed by atoms with Gasteiger partial charge in [-0.05, 0) is 18.8 Å². The Morgan fingerprint density at radius 3 is 2.68 bits per heavy atom. The van der Waals surface area contributed by atoms with Crippen LogP contribution in [0.4, 0.5) is 0 Å². The summed E-state index contributed by atoms with van der Waals surface area (Å²) in [6, 6.07) is -0.214. The molecule has 0 spiro atoms. The third-order valence-electron chi connectivity index (χ3n) is 3.66. The Morgan fingerprint density at radius 1 is 1.42 bits per heavy atom. The smallest absolute Gasteiger partial charge is 0.303 e. The Balaban J connectivity index is 2.20. The lowest BCUT2D eigenvalue weighted by Crippen LogP contribution is -2.41.